The monoisotopic (exact) mass is 308 g/mol. The van der Waals surface area contributed by atoms with Crippen LogP contribution in [0.1, 0.15) is 34.5 Å². The summed E-state index contributed by atoms with van der Waals surface area (Å²) in [6, 6.07) is 6.02. The zero-order valence-electron chi connectivity index (χ0n) is 12.3. The van der Waals surface area contributed by atoms with E-state index in [0.29, 0.717) is 18.2 Å². The van der Waals surface area contributed by atoms with Crippen LogP contribution in [0, 0.1) is 19.8 Å². The molecule has 2 aromatic rings. The second-order valence-corrected chi connectivity index (χ2v) is 5.66. The third kappa shape index (κ3) is 2.92. The van der Waals surface area contributed by atoms with E-state index >= 15 is 0 Å². The van der Waals surface area contributed by atoms with Crippen LogP contribution in [0.15, 0.2) is 22.6 Å². The zero-order valence-corrected chi connectivity index (χ0v) is 13.1. The summed E-state index contributed by atoms with van der Waals surface area (Å²) >= 11 is 0. The molecule has 0 bridgehead atoms. The summed E-state index contributed by atoms with van der Waals surface area (Å²) in [5.41, 5.74) is 8.47. The molecule has 3 N–H and O–H groups in total. The van der Waals surface area contributed by atoms with Gasteiger partial charge in [0.15, 0.2) is 5.76 Å². The summed E-state index contributed by atoms with van der Waals surface area (Å²) in [5, 5.41) is 4.01. The van der Waals surface area contributed by atoms with E-state index in [0.717, 1.165) is 34.9 Å². The maximum atomic E-state index is 12.4. The van der Waals surface area contributed by atoms with Crippen LogP contribution in [0.4, 0.5) is 0 Å². The average molecular weight is 309 g/mol. The van der Waals surface area contributed by atoms with Crippen LogP contribution in [0.5, 0.6) is 0 Å². The van der Waals surface area contributed by atoms with Gasteiger partial charge in [-0.1, -0.05) is 18.2 Å². The number of fused-ring (bicyclic) bond motifs is 1. The Bertz CT molecular complexity index is 662. The molecule has 114 valence electrons. The Morgan fingerprint density at radius 2 is 2.14 bits per heavy atom. The number of carbonyl (C=O) groups excluding carboxylic acids is 1. The van der Waals surface area contributed by atoms with E-state index < -0.39 is 0 Å². The minimum Gasteiger partial charge on any atom is -0.450 e. The first kappa shape index (κ1) is 15.9. The van der Waals surface area contributed by atoms with E-state index in [2.05, 4.69) is 5.32 Å². The van der Waals surface area contributed by atoms with Crippen molar-refractivity contribution < 1.29 is 9.21 Å². The topological polar surface area (TPSA) is 68.3 Å². The van der Waals surface area contributed by atoms with E-state index in [-0.39, 0.29) is 24.4 Å². The largest absolute Gasteiger partial charge is 0.450 e. The Balaban J connectivity index is 0.00000161. The average Bonchev–Trinajstić information content (AvgIpc) is 3.21. The van der Waals surface area contributed by atoms with Gasteiger partial charge < -0.3 is 15.5 Å². The fourth-order valence-corrected chi connectivity index (χ4v) is 2.70. The van der Waals surface area contributed by atoms with Crippen LogP contribution >= 0.6 is 12.4 Å². The van der Waals surface area contributed by atoms with Crippen molar-refractivity contribution in [2.24, 2.45) is 11.7 Å². The van der Waals surface area contributed by atoms with Crippen LogP contribution < -0.4 is 11.1 Å². The molecule has 4 nitrogen and oxygen atoms in total. The quantitative estimate of drug-likeness (QED) is 0.912. The number of carbonyl (C=O) groups is 1. The molecule has 5 heteroatoms. The Hall–Kier alpha value is -1.52. The predicted octanol–water partition coefficient (Wildman–Crippen LogP) is 2.94. The van der Waals surface area contributed by atoms with Gasteiger partial charge in [-0.2, -0.15) is 0 Å². The molecule has 1 aliphatic rings. The Kier molecular flexibility index (Phi) is 4.59. The summed E-state index contributed by atoms with van der Waals surface area (Å²) in [6.45, 7) is 4.39. The van der Waals surface area contributed by atoms with Crippen molar-refractivity contribution in [3.05, 3.63) is 35.1 Å². The van der Waals surface area contributed by atoms with Crippen molar-refractivity contribution in [1.82, 2.24) is 5.32 Å². The highest BCUT2D eigenvalue weighted by Gasteiger charge is 2.32. The molecule has 0 saturated heterocycles. The van der Waals surface area contributed by atoms with Gasteiger partial charge in [-0.05, 0) is 38.2 Å². The number of furan rings is 1. The molecule has 3 rings (SSSR count). The zero-order chi connectivity index (χ0) is 14.3. The Labute approximate surface area is 130 Å². The molecule has 21 heavy (non-hydrogen) atoms. The summed E-state index contributed by atoms with van der Waals surface area (Å²) in [4.78, 5) is 12.4. The third-order valence-corrected chi connectivity index (χ3v) is 4.13. The minimum atomic E-state index is -0.152. The second kappa shape index (κ2) is 6.08. The van der Waals surface area contributed by atoms with Gasteiger partial charge in [0.2, 0.25) is 0 Å². The van der Waals surface area contributed by atoms with E-state index in [1.54, 1.807) is 0 Å². The number of rotatable bonds is 4. The van der Waals surface area contributed by atoms with Crippen molar-refractivity contribution in [3.63, 3.8) is 0 Å². The molecular weight excluding hydrogens is 288 g/mol. The fourth-order valence-electron chi connectivity index (χ4n) is 2.70. The number of halogens is 1. The van der Waals surface area contributed by atoms with Gasteiger partial charge in [0.25, 0.3) is 5.91 Å². The fraction of sp³-hybridized carbons (Fsp3) is 0.438. The molecule has 0 spiro atoms. The molecule has 1 aliphatic carbocycles. The molecule has 1 atom stereocenters. The number of nitrogens with one attached hydrogen (secondary N) is 1. The number of para-hydroxylation sites is 1. The van der Waals surface area contributed by atoms with E-state index in [1.807, 2.05) is 32.0 Å². The highest BCUT2D eigenvalue weighted by molar-refractivity contribution is 5.99. The number of hydrogen-bond acceptors (Lipinski definition) is 3. The predicted molar refractivity (Wildman–Crippen MR) is 86.0 cm³/mol. The first-order chi connectivity index (χ1) is 9.61. The van der Waals surface area contributed by atoms with E-state index in [1.165, 1.54) is 0 Å². The molecule has 1 aromatic carbocycles. The van der Waals surface area contributed by atoms with Gasteiger partial charge in [-0.15, -0.1) is 12.4 Å². The standard InChI is InChI=1S/C16H20N2O2.ClH/c1-9-4-3-5-12-10(2)15(20-14(9)12)16(19)18-13(8-17)11-6-7-11;/h3-5,11,13H,6-8,17H2,1-2H3,(H,18,19);1H. The highest BCUT2D eigenvalue weighted by Crippen LogP contribution is 2.33. The number of aryl methyl sites for hydroxylation is 2. The lowest BCUT2D eigenvalue weighted by Crippen LogP contribution is -2.41. The van der Waals surface area contributed by atoms with Crippen molar-refractivity contribution >= 4 is 29.3 Å². The number of nitrogens with two attached hydrogens (primary N) is 1. The van der Waals surface area contributed by atoms with Gasteiger partial charge in [0.05, 0.1) is 0 Å². The minimum absolute atomic E-state index is 0. The molecule has 1 saturated carbocycles. The summed E-state index contributed by atoms with van der Waals surface area (Å²) in [7, 11) is 0. The summed E-state index contributed by atoms with van der Waals surface area (Å²) < 4.78 is 5.78. The van der Waals surface area contributed by atoms with Crippen LogP contribution in [0.3, 0.4) is 0 Å². The van der Waals surface area contributed by atoms with Crippen molar-refractivity contribution in [2.45, 2.75) is 32.7 Å². The van der Waals surface area contributed by atoms with Gasteiger partial charge in [0, 0.05) is 23.5 Å². The highest BCUT2D eigenvalue weighted by atomic mass is 35.5. The van der Waals surface area contributed by atoms with Gasteiger partial charge in [0.1, 0.15) is 5.58 Å². The molecule has 1 fully saturated rings. The van der Waals surface area contributed by atoms with Crippen LogP contribution in [0.25, 0.3) is 11.0 Å². The second-order valence-electron chi connectivity index (χ2n) is 5.66. The number of benzene rings is 1. The van der Waals surface area contributed by atoms with Crippen LogP contribution in [-0.4, -0.2) is 18.5 Å². The molecule has 1 unspecified atom stereocenters. The lowest BCUT2D eigenvalue weighted by molar-refractivity contribution is 0.0906. The van der Waals surface area contributed by atoms with Gasteiger partial charge >= 0.3 is 0 Å². The van der Waals surface area contributed by atoms with Crippen LogP contribution in [-0.2, 0) is 0 Å². The van der Waals surface area contributed by atoms with Crippen LogP contribution in [0.2, 0.25) is 0 Å². The third-order valence-electron chi connectivity index (χ3n) is 4.13. The molecule has 1 amide bonds. The SMILES string of the molecule is Cc1c(C(=O)NC(CN)C2CC2)oc2c(C)cccc12.Cl. The molecule has 0 radical (unpaired) electrons. The lowest BCUT2D eigenvalue weighted by Gasteiger charge is -2.15. The molecule has 1 aromatic heterocycles. The van der Waals surface area contributed by atoms with E-state index in [9.17, 15) is 4.79 Å². The molecule has 0 aliphatic heterocycles. The van der Waals surface area contributed by atoms with Crippen molar-refractivity contribution in [3.8, 4) is 0 Å². The Morgan fingerprint density at radius 3 is 2.71 bits per heavy atom. The van der Waals surface area contributed by atoms with Gasteiger partial charge in [-0.25, -0.2) is 0 Å². The van der Waals surface area contributed by atoms with E-state index in [4.69, 9.17) is 10.2 Å². The molecule has 1 heterocycles. The normalized spacial score (nSPS) is 15.6. The smallest absolute Gasteiger partial charge is 0.287 e. The maximum Gasteiger partial charge on any atom is 0.287 e. The summed E-state index contributed by atoms with van der Waals surface area (Å²) in [5.74, 6) is 0.796. The molecular formula is C16H21ClN2O2. The lowest BCUT2D eigenvalue weighted by atomic mass is 10.1. The summed E-state index contributed by atoms with van der Waals surface area (Å²) in [6.07, 6.45) is 2.31. The van der Waals surface area contributed by atoms with Crippen molar-refractivity contribution in [2.75, 3.05) is 6.54 Å². The first-order valence-electron chi connectivity index (χ1n) is 7.11. The first-order valence-corrected chi connectivity index (χ1v) is 7.11. The number of amides is 1. The van der Waals surface area contributed by atoms with Gasteiger partial charge in [-0.3, -0.25) is 4.79 Å². The van der Waals surface area contributed by atoms with Crippen molar-refractivity contribution in [1.29, 1.82) is 0 Å². The number of hydrogen-bond donors (Lipinski definition) is 2. The maximum absolute atomic E-state index is 12.4. The Morgan fingerprint density at radius 1 is 1.43 bits per heavy atom.